The molecule has 1 atom stereocenters. The summed E-state index contributed by atoms with van der Waals surface area (Å²) in [6.07, 6.45) is -0.580. The number of nitrogens with one attached hydrogen (secondary N) is 1. The molecule has 0 aromatic rings. The van der Waals surface area contributed by atoms with Gasteiger partial charge in [0.2, 0.25) is 11.8 Å². The minimum atomic E-state index is -1.49. The van der Waals surface area contributed by atoms with Crippen LogP contribution in [0.2, 0.25) is 0 Å². The molecular weight excluding hydrogens is 272 g/mol. The normalized spacial score (nSPS) is 16.2. The molecule has 0 aromatic heterocycles. The van der Waals surface area contributed by atoms with Gasteiger partial charge < -0.3 is 21.1 Å². The van der Waals surface area contributed by atoms with E-state index in [1.54, 1.807) is 0 Å². The van der Waals surface area contributed by atoms with Gasteiger partial charge in [-0.15, -0.1) is 0 Å². The van der Waals surface area contributed by atoms with E-state index in [1.807, 2.05) is 5.32 Å². The Morgan fingerprint density at radius 3 is 2.40 bits per heavy atom. The van der Waals surface area contributed by atoms with E-state index in [0.29, 0.717) is 4.90 Å². The molecule has 0 saturated carbocycles. The maximum atomic E-state index is 11.6. The summed E-state index contributed by atoms with van der Waals surface area (Å²) in [6, 6.07) is -2.14. The summed E-state index contributed by atoms with van der Waals surface area (Å²) in [5.41, 5.74) is 4.85. The smallest absolute Gasteiger partial charge is 0.327 e. The van der Waals surface area contributed by atoms with Gasteiger partial charge in [0.15, 0.2) is 0 Å². The Morgan fingerprint density at radius 2 is 2.00 bits per heavy atom. The van der Waals surface area contributed by atoms with Crippen molar-refractivity contribution in [2.75, 3.05) is 20.1 Å². The van der Waals surface area contributed by atoms with Crippen LogP contribution in [0.25, 0.3) is 0 Å². The van der Waals surface area contributed by atoms with E-state index < -0.39 is 48.7 Å². The minimum Gasteiger partial charge on any atom is -0.480 e. The van der Waals surface area contributed by atoms with Gasteiger partial charge in [0.05, 0.1) is 6.42 Å². The zero-order valence-electron chi connectivity index (χ0n) is 10.7. The number of carboxylic acid groups (broad SMARTS) is 1. The number of carboxylic acids is 1. The topological polar surface area (TPSA) is 150 Å². The number of nitrogens with two attached hydrogens (primary N) is 1. The quantitative estimate of drug-likeness (QED) is 0.453. The lowest BCUT2D eigenvalue weighted by molar-refractivity contribution is -0.143. The number of hydrogen-bond donors (Lipinski definition) is 3. The molecule has 0 aliphatic carbocycles. The molecule has 1 aliphatic rings. The molecule has 110 valence electrons. The number of primary amides is 1. The molecule has 0 bridgehead atoms. The number of nitrogens with zero attached hydrogens (tertiary/aromatic N) is 2. The van der Waals surface area contributed by atoms with E-state index in [1.165, 1.54) is 7.05 Å². The van der Waals surface area contributed by atoms with Gasteiger partial charge in [-0.05, 0) is 0 Å². The summed E-state index contributed by atoms with van der Waals surface area (Å²) < 4.78 is 0. The lowest BCUT2D eigenvalue weighted by atomic mass is 10.2. The number of imide groups is 1. The Balaban J connectivity index is 2.62. The fraction of sp³-hybridized carbons (Fsp3) is 0.500. The standard InChI is InChI=1S/C10H14N4O6/c1-13-4-8(17)14(10(13)20)3-7(16)12-5(9(18)19)2-6(11)15/h5H,2-4H2,1H3,(H2,11,15)(H,12,16)(H,18,19). The Hall–Kier alpha value is -2.65. The number of urea groups is 1. The third-order valence-corrected chi connectivity index (χ3v) is 2.57. The summed E-state index contributed by atoms with van der Waals surface area (Å²) >= 11 is 0. The molecule has 0 radical (unpaired) electrons. The summed E-state index contributed by atoms with van der Waals surface area (Å²) in [4.78, 5) is 57.8. The van der Waals surface area contributed by atoms with Gasteiger partial charge in [0.25, 0.3) is 5.91 Å². The van der Waals surface area contributed by atoms with Crippen molar-refractivity contribution in [2.24, 2.45) is 5.73 Å². The molecule has 1 saturated heterocycles. The predicted octanol–water partition coefficient (Wildman–Crippen LogP) is -2.67. The number of hydrogen-bond acceptors (Lipinski definition) is 5. The zero-order valence-corrected chi connectivity index (χ0v) is 10.7. The second-order valence-corrected chi connectivity index (χ2v) is 4.25. The largest absolute Gasteiger partial charge is 0.480 e. The van der Waals surface area contributed by atoms with Crippen molar-refractivity contribution in [1.82, 2.24) is 15.1 Å². The van der Waals surface area contributed by atoms with Crippen LogP contribution in [0.5, 0.6) is 0 Å². The van der Waals surface area contributed by atoms with Crippen LogP contribution in [0.15, 0.2) is 0 Å². The summed E-state index contributed by atoms with van der Waals surface area (Å²) in [6.45, 7) is -0.750. The van der Waals surface area contributed by atoms with Crippen molar-refractivity contribution in [3.8, 4) is 0 Å². The lowest BCUT2D eigenvalue weighted by Crippen LogP contribution is -2.48. The SMILES string of the molecule is CN1CC(=O)N(CC(=O)NC(CC(N)=O)C(=O)O)C1=O. The molecule has 1 fully saturated rings. The van der Waals surface area contributed by atoms with E-state index in [-0.39, 0.29) is 6.54 Å². The molecule has 20 heavy (non-hydrogen) atoms. The minimum absolute atomic E-state index is 0.143. The number of carbonyl (C=O) groups is 5. The summed E-state index contributed by atoms with van der Waals surface area (Å²) in [7, 11) is 1.39. The molecule has 1 unspecified atom stereocenters. The maximum Gasteiger partial charge on any atom is 0.327 e. The van der Waals surface area contributed by atoms with Gasteiger partial charge in [-0.25, -0.2) is 9.59 Å². The molecule has 10 heteroatoms. The highest BCUT2D eigenvalue weighted by Gasteiger charge is 2.35. The Bertz CT molecular complexity index is 476. The second-order valence-electron chi connectivity index (χ2n) is 4.25. The fourth-order valence-corrected chi connectivity index (χ4v) is 1.61. The van der Waals surface area contributed by atoms with Crippen LogP contribution in [-0.4, -0.2) is 70.8 Å². The van der Waals surface area contributed by atoms with Gasteiger partial charge >= 0.3 is 12.0 Å². The molecule has 1 aliphatic heterocycles. The first-order valence-electron chi connectivity index (χ1n) is 5.58. The van der Waals surface area contributed by atoms with Crippen LogP contribution in [0.1, 0.15) is 6.42 Å². The molecule has 0 spiro atoms. The Morgan fingerprint density at radius 1 is 1.40 bits per heavy atom. The zero-order chi connectivity index (χ0) is 15.4. The molecule has 4 N–H and O–H groups in total. The molecular formula is C10H14N4O6. The summed E-state index contributed by atoms with van der Waals surface area (Å²) in [5.74, 6) is -3.76. The van der Waals surface area contributed by atoms with E-state index >= 15 is 0 Å². The first-order valence-corrected chi connectivity index (χ1v) is 5.58. The number of aliphatic carboxylic acids is 1. The first-order chi connectivity index (χ1) is 9.22. The van der Waals surface area contributed by atoms with Gasteiger partial charge in [-0.1, -0.05) is 0 Å². The van der Waals surface area contributed by atoms with E-state index in [9.17, 15) is 24.0 Å². The third kappa shape index (κ3) is 3.67. The average molecular weight is 286 g/mol. The van der Waals surface area contributed by atoms with Crippen LogP contribution in [-0.2, 0) is 19.2 Å². The van der Waals surface area contributed by atoms with Gasteiger partial charge in [-0.3, -0.25) is 19.3 Å². The number of carbonyl (C=O) groups excluding carboxylic acids is 4. The maximum absolute atomic E-state index is 11.6. The highest BCUT2D eigenvalue weighted by Crippen LogP contribution is 2.07. The number of likely N-dealkylation sites (N-methyl/N-ethyl adjacent to an activating group) is 1. The number of amides is 5. The Labute approximate surface area is 113 Å². The van der Waals surface area contributed by atoms with Crippen LogP contribution < -0.4 is 11.1 Å². The highest BCUT2D eigenvalue weighted by atomic mass is 16.4. The van der Waals surface area contributed by atoms with Crippen molar-refractivity contribution in [1.29, 1.82) is 0 Å². The van der Waals surface area contributed by atoms with Gasteiger partial charge in [-0.2, -0.15) is 0 Å². The number of rotatable bonds is 6. The van der Waals surface area contributed by atoms with Gasteiger partial charge in [0, 0.05) is 7.05 Å². The lowest BCUT2D eigenvalue weighted by Gasteiger charge is -2.16. The average Bonchev–Trinajstić information content (AvgIpc) is 2.54. The van der Waals surface area contributed by atoms with Crippen molar-refractivity contribution < 1.29 is 29.1 Å². The van der Waals surface area contributed by atoms with Crippen LogP contribution in [0.4, 0.5) is 4.79 Å². The predicted molar refractivity (Wildman–Crippen MR) is 63.1 cm³/mol. The van der Waals surface area contributed by atoms with Crippen LogP contribution in [0, 0.1) is 0 Å². The van der Waals surface area contributed by atoms with Crippen LogP contribution >= 0.6 is 0 Å². The first kappa shape index (κ1) is 15.4. The second kappa shape index (κ2) is 5.99. The highest BCUT2D eigenvalue weighted by molar-refractivity contribution is 6.04. The molecule has 10 nitrogen and oxygen atoms in total. The van der Waals surface area contributed by atoms with Crippen molar-refractivity contribution >= 4 is 29.7 Å². The van der Waals surface area contributed by atoms with Gasteiger partial charge in [0.1, 0.15) is 19.1 Å². The molecule has 0 aromatic carbocycles. The fourth-order valence-electron chi connectivity index (χ4n) is 1.61. The van der Waals surface area contributed by atoms with Crippen molar-refractivity contribution in [2.45, 2.75) is 12.5 Å². The third-order valence-electron chi connectivity index (χ3n) is 2.57. The monoisotopic (exact) mass is 286 g/mol. The molecule has 1 rings (SSSR count). The van der Waals surface area contributed by atoms with E-state index in [0.717, 1.165) is 4.90 Å². The molecule has 1 heterocycles. The van der Waals surface area contributed by atoms with E-state index in [2.05, 4.69) is 0 Å². The molecule has 5 amide bonds. The van der Waals surface area contributed by atoms with Crippen molar-refractivity contribution in [3.05, 3.63) is 0 Å². The summed E-state index contributed by atoms with van der Waals surface area (Å²) in [5, 5.41) is 10.8. The van der Waals surface area contributed by atoms with E-state index in [4.69, 9.17) is 10.8 Å². The van der Waals surface area contributed by atoms with Crippen molar-refractivity contribution in [3.63, 3.8) is 0 Å². The van der Waals surface area contributed by atoms with Crippen LogP contribution in [0.3, 0.4) is 0 Å². The Kier molecular flexibility index (Phi) is 4.62.